The van der Waals surface area contributed by atoms with E-state index in [1.165, 1.54) is 0 Å². The lowest BCUT2D eigenvalue weighted by atomic mass is 10.2. The van der Waals surface area contributed by atoms with Gasteiger partial charge in [-0.2, -0.15) is 0 Å². The Balaban J connectivity index is 2.92. The van der Waals surface area contributed by atoms with Crippen LogP contribution < -0.4 is 5.76 Å². The second kappa shape index (κ2) is 1.99. The van der Waals surface area contributed by atoms with Crippen LogP contribution in [0, 0.1) is 6.92 Å². The van der Waals surface area contributed by atoms with Crippen molar-refractivity contribution in [2.75, 3.05) is 0 Å². The molecular weight excluding hydrogens is 142 g/mol. The van der Waals surface area contributed by atoms with Gasteiger partial charge in [0, 0.05) is 0 Å². The number of benzene rings is 1. The molecule has 1 aromatic carbocycles. The van der Waals surface area contributed by atoms with Crippen molar-refractivity contribution in [2.45, 2.75) is 0 Å². The fraction of sp³-hybridized carbons (Fsp3) is 0. The predicted molar refractivity (Wildman–Crippen MR) is 41.3 cm³/mol. The number of rotatable bonds is 0. The molecule has 2 aromatic rings. The zero-order valence-corrected chi connectivity index (χ0v) is 5.76. The number of H-pyrrole nitrogens is 1. The highest BCUT2D eigenvalue weighted by molar-refractivity contribution is 5.72. The molecule has 1 heterocycles. The third-order valence-electron chi connectivity index (χ3n) is 1.48. The minimum absolute atomic E-state index is 0.425. The molecule has 0 aliphatic carbocycles. The van der Waals surface area contributed by atoms with Gasteiger partial charge < -0.3 is 4.42 Å². The van der Waals surface area contributed by atoms with E-state index in [1.807, 2.05) is 0 Å². The molecule has 3 nitrogen and oxygen atoms in total. The van der Waals surface area contributed by atoms with Crippen molar-refractivity contribution >= 4 is 11.1 Å². The van der Waals surface area contributed by atoms with E-state index in [9.17, 15) is 4.79 Å². The quantitative estimate of drug-likeness (QED) is 0.612. The van der Waals surface area contributed by atoms with Crippen LogP contribution in [-0.4, -0.2) is 4.98 Å². The Morgan fingerprint density at radius 1 is 1.45 bits per heavy atom. The third-order valence-corrected chi connectivity index (χ3v) is 1.48. The minimum atomic E-state index is -0.425. The molecule has 1 N–H and O–H groups in total. The molecule has 2 rings (SSSR count). The maximum Gasteiger partial charge on any atom is 0.417 e. The average molecular weight is 148 g/mol. The summed E-state index contributed by atoms with van der Waals surface area (Å²) in [5, 5.41) is 0. The molecule has 0 aliphatic rings. The molecule has 0 amide bonds. The van der Waals surface area contributed by atoms with E-state index in [0.717, 1.165) is 5.56 Å². The Morgan fingerprint density at radius 3 is 3.09 bits per heavy atom. The Kier molecular flexibility index (Phi) is 1.12. The van der Waals surface area contributed by atoms with Gasteiger partial charge in [0.05, 0.1) is 5.52 Å². The number of nitrogens with one attached hydrogen (secondary N) is 1. The molecule has 0 saturated carbocycles. The van der Waals surface area contributed by atoms with Gasteiger partial charge in [-0.1, -0.05) is 6.07 Å². The largest absolute Gasteiger partial charge is 0.417 e. The zero-order chi connectivity index (χ0) is 7.84. The lowest BCUT2D eigenvalue weighted by Gasteiger charge is -1.87. The minimum Gasteiger partial charge on any atom is -0.408 e. The summed E-state index contributed by atoms with van der Waals surface area (Å²) in [5.41, 5.74) is 2.12. The van der Waals surface area contributed by atoms with Gasteiger partial charge in [-0.25, -0.2) is 4.79 Å². The van der Waals surface area contributed by atoms with Crippen molar-refractivity contribution in [3.05, 3.63) is 41.2 Å². The molecule has 0 fully saturated rings. The Morgan fingerprint density at radius 2 is 2.27 bits per heavy atom. The van der Waals surface area contributed by atoms with Gasteiger partial charge in [0.15, 0.2) is 5.58 Å². The van der Waals surface area contributed by atoms with Crippen LogP contribution in [0.3, 0.4) is 0 Å². The first-order valence-corrected chi connectivity index (χ1v) is 3.20. The SMILES string of the molecule is [CH2]c1ccc2oc(=O)[nH]c2c1. The van der Waals surface area contributed by atoms with Gasteiger partial charge in [-0.3, -0.25) is 4.98 Å². The van der Waals surface area contributed by atoms with Crippen LogP contribution in [0.5, 0.6) is 0 Å². The molecule has 0 aliphatic heterocycles. The van der Waals surface area contributed by atoms with Crippen LogP contribution in [0.25, 0.3) is 11.1 Å². The second-order valence-electron chi connectivity index (χ2n) is 2.35. The fourth-order valence-corrected chi connectivity index (χ4v) is 0.999. The van der Waals surface area contributed by atoms with E-state index in [-0.39, 0.29) is 0 Å². The monoisotopic (exact) mass is 148 g/mol. The van der Waals surface area contributed by atoms with E-state index in [2.05, 4.69) is 11.9 Å². The summed E-state index contributed by atoms with van der Waals surface area (Å²) in [5.74, 6) is -0.425. The van der Waals surface area contributed by atoms with Crippen molar-refractivity contribution in [1.82, 2.24) is 4.98 Å². The van der Waals surface area contributed by atoms with E-state index in [0.29, 0.717) is 11.1 Å². The summed E-state index contributed by atoms with van der Waals surface area (Å²) in [4.78, 5) is 13.2. The van der Waals surface area contributed by atoms with Gasteiger partial charge in [0.2, 0.25) is 0 Å². The van der Waals surface area contributed by atoms with Crippen LogP contribution in [0.1, 0.15) is 5.56 Å². The normalized spacial score (nSPS) is 10.6. The van der Waals surface area contributed by atoms with Gasteiger partial charge in [0.1, 0.15) is 0 Å². The highest BCUT2D eigenvalue weighted by atomic mass is 16.4. The Labute approximate surface area is 62.7 Å². The zero-order valence-electron chi connectivity index (χ0n) is 5.76. The maximum atomic E-state index is 10.7. The number of aromatic amines is 1. The van der Waals surface area contributed by atoms with Crippen LogP contribution in [-0.2, 0) is 0 Å². The summed E-state index contributed by atoms with van der Waals surface area (Å²) >= 11 is 0. The van der Waals surface area contributed by atoms with Gasteiger partial charge in [0.25, 0.3) is 0 Å². The Hall–Kier alpha value is -1.51. The number of hydrogen-bond acceptors (Lipinski definition) is 2. The van der Waals surface area contributed by atoms with Crippen molar-refractivity contribution in [2.24, 2.45) is 0 Å². The molecule has 0 atom stereocenters. The Bertz CT molecular complexity index is 439. The summed E-state index contributed by atoms with van der Waals surface area (Å²) in [6.45, 7) is 3.72. The summed E-state index contributed by atoms with van der Waals surface area (Å²) < 4.78 is 4.78. The first kappa shape index (κ1) is 6.22. The number of aromatic nitrogens is 1. The van der Waals surface area contributed by atoms with Crippen molar-refractivity contribution in [3.8, 4) is 0 Å². The molecule has 55 valence electrons. The second-order valence-corrected chi connectivity index (χ2v) is 2.35. The average Bonchev–Trinajstić information content (AvgIpc) is 2.27. The lowest BCUT2D eigenvalue weighted by Crippen LogP contribution is -1.92. The van der Waals surface area contributed by atoms with E-state index >= 15 is 0 Å². The topological polar surface area (TPSA) is 46.0 Å². The number of fused-ring (bicyclic) bond motifs is 1. The van der Waals surface area contributed by atoms with Crippen LogP contribution in [0.4, 0.5) is 0 Å². The van der Waals surface area contributed by atoms with E-state index in [4.69, 9.17) is 4.42 Å². The predicted octanol–water partition coefficient (Wildman–Crippen LogP) is 1.30. The summed E-state index contributed by atoms with van der Waals surface area (Å²) in [6, 6.07) is 5.27. The van der Waals surface area contributed by atoms with Gasteiger partial charge >= 0.3 is 5.76 Å². The van der Waals surface area contributed by atoms with Crippen LogP contribution in [0.2, 0.25) is 0 Å². The van der Waals surface area contributed by atoms with Crippen molar-refractivity contribution in [3.63, 3.8) is 0 Å². The highest BCUT2D eigenvalue weighted by Gasteiger charge is 1.98. The molecule has 0 unspecified atom stereocenters. The summed E-state index contributed by atoms with van der Waals surface area (Å²) in [6.07, 6.45) is 0. The summed E-state index contributed by atoms with van der Waals surface area (Å²) in [7, 11) is 0. The van der Waals surface area contributed by atoms with Gasteiger partial charge in [-0.05, 0) is 24.6 Å². The van der Waals surface area contributed by atoms with Gasteiger partial charge in [-0.15, -0.1) is 0 Å². The molecule has 3 heteroatoms. The molecule has 0 spiro atoms. The lowest BCUT2D eigenvalue weighted by molar-refractivity contribution is 0.555. The molecule has 0 saturated heterocycles. The maximum absolute atomic E-state index is 10.7. The van der Waals surface area contributed by atoms with Crippen LogP contribution in [0.15, 0.2) is 27.4 Å². The molecule has 11 heavy (non-hydrogen) atoms. The number of oxazole rings is 1. The smallest absolute Gasteiger partial charge is 0.408 e. The first-order chi connectivity index (χ1) is 5.25. The van der Waals surface area contributed by atoms with Crippen LogP contribution >= 0.6 is 0 Å². The first-order valence-electron chi connectivity index (χ1n) is 3.20. The number of hydrogen-bond donors (Lipinski definition) is 1. The molecular formula is C8H6NO2. The van der Waals surface area contributed by atoms with Crippen molar-refractivity contribution in [1.29, 1.82) is 0 Å². The fourth-order valence-electron chi connectivity index (χ4n) is 0.999. The van der Waals surface area contributed by atoms with Crippen molar-refractivity contribution < 1.29 is 4.42 Å². The highest BCUT2D eigenvalue weighted by Crippen LogP contribution is 2.10. The molecule has 0 bridgehead atoms. The van der Waals surface area contributed by atoms with E-state index < -0.39 is 5.76 Å². The van der Waals surface area contributed by atoms with E-state index in [1.54, 1.807) is 18.2 Å². The molecule has 1 radical (unpaired) electrons. The standard InChI is InChI=1S/C8H6NO2/c1-5-2-3-7-6(4-5)9-8(10)11-7/h2-4H,1H2,(H,9,10). The molecule has 1 aromatic heterocycles. The third kappa shape index (κ3) is 0.941.